The number of para-hydroxylation sites is 1. The second-order valence-corrected chi connectivity index (χ2v) is 5.41. The molecule has 1 aromatic rings. The van der Waals surface area contributed by atoms with E-state index >= 15 is 0 Å². The molecule has 1 aromatic carbocycles. The Morgan fingerprint density at radius 1 is 1.06 bits per heavy atom. The lowest BCUT2D eigenvalue weighted by molar-refractivity contribution is 0.275. The van der Waals surface area contributed by atoms with Crippen LogP contribution in [0.1, 0.15) is 33.3 Å². The number of rotatable bonds is 6. The quantitative estimate of drug-likeness (QED) is 0.792. The Balaban J connectivity index is 2.44. The van der Waals surface area contributed by atoms with Gasteiger partial charge in [0, 0.05) is 12.1 Å². The van der Waals surface area contributed by atoms with Gasteiger partial charge in [0.1, 0.15) is 5.75 Å². The predicted molar refractivity (Wildman–Crippen MR) is 73.0 cm³/mol. The van der Waals surface area contributed by atoms with Crippen LogP contribution in [0.25, 0.3) is 0 Å². The SMILES string of the molecule is CC(C)C(CNCc1ccccc1O)C(C)C. The summed E-state index contributed by atoms with van der Waals surface area (Å²) in [7, 11) is 0. The summed E-state index contributed by atoms with van der Waals surface area (Å²) in [5.74, 6) is 2.44. The molecule has 0 radical (unpaired) electrons. The minimum atomic E-state index is 0.380. The minimum absolute atomic E-state index is 0.380. The van der Waals surface area contributed by atoms with E-state index in [1.807, 2.05) is 18.2 Å². The van der Waals surface area contributed by atoms with E-state index < -0.39 is 0 Å². The fourth-order valence-corrected chi connectivity index (χ4v) is 2.28. The summed E-state index contributed by atoms with van der Waals surface area (Å²) in [5.41, 5.74) is 0.971. The van der Waals surface area contributed by atoms with Crippen LogP contribution in [0.2, 0.25) is 0 Å². The van der Waals surface area contributed by atoms with Gasteiger partial charge in [-0.3, -0.25) is 0 Å². The van der Waals surface area contributed by atoms with Crippen LogP contribution in [0.4, 0.5) is 0 Å². The fourth-order valence-electron chi connectivity index (χ4n) is 2.28. The maximum absolute atomic E-state index is 9.65. The van der Waals surface area contributed by atoms with Gasteiger partial charge in [0.25, 0.3) is 0 Å². The van der Waals surface area contributed by atoms with Crippen LogP contribution >= 0.6 is 0 Å². The number of hydrogen-bond donors (Lipinski definition) is 2. The van der Waals surface area contributed by atoms with Crippen molar-refractivity contribution < 1.29 is 5.11 Å². The largest absolute Gasteiger partial charge is 0.508 e. The van der Waals surface area contributed by atoms with Crippen LogP contribution in [0.5, 0.6) is 5.75 Å². The molecule has 0 aliphatic heterocycles. The smallest absolute Gasteiger partial charge is 0.120 e. The van der Waals surface area contributed by atoms with Crippen molar-refractivity contribution in [1.82, 2.24) is 5.32 Å². The number of nitrogens with one attached hydrogen (secondary N) is 1. The van der Waals surface area contributed by atoms with Crippen molar-refractivity contribution in [2.24, 2.45) is 17.8 Å². The third kappa shape index (κ3) is 4.39. The molecule has 17 heavy (non-hydrogen) atoms. The molecule has 0 saturated carbocycles. The van der Waals surface area contributed by atoms with Gasteiger partial charge in [-0.2, -0.15) is 0 Å². The van der Waals surface area contributed by atoms with Gasteiger partial charge in [-0.25, -0.2) is 0 Å². The molecule has 0 bridgehead atoms. The van der Waals surface area contributed by atoms with Crippen molar-refractivity contribution >= 4 is 0 Å². The van der Waals surface area contributed by atoms with Crippen LogP contribution in [0, 0.1) is 17.8 Å². The first kappa shape index (κ1) is 14.0. The maximum atomic E-state index is 9.65. The molecule has 1 rings (SSSR count). The summed E-state index contributed by atoms with van der Waals surface area (Å²) < 4.78 is 0. The minimum Gasteiger partial charge on any atom is -0.508 e. The van der Waals surface area contributed by atoms with Gasteiger partial charge in [-0.15, -0.1) is 0 Å². The Morgan fingerprint density at radius 2 is 1.65 bits per heavy atom. The molecule has 0 aliphatic carbocycles. The van der Waals surface area contributed by atoms with Crippen molar-refractivity contribution in [3.05, 3.63) is 29.8 Å². The van der Waals surface area contributed by atoms with E-state index in [9.17, 15) is 5.11 Å². The van der Waals surface area contributed by atoms with Gasteiger partial charge in [-0.1, -0.05) is 45.9 Å². The first-order valence-electron chi connectivity index (χ1n) is 6.50. The zero-order chi connectivity index (χ0) is 12.8. The lowest BCUT2D eigenvalue weighted by Crippen LogP contribution is -2.29. The average molecular weight is 235 g/mol. The molecule has 0 heterocycles. The molecule has 0 fully saturated rings. The summed E-state index contributed by atoms with van der Waals surface area (Å²) in [4.78, 5) is 0. The summed E-state index contributed by atoms with van der Waals surface area (Å²) in [6, 6.07) is 7.50. The van der Waals surface area contributed by atoms with Gasteiger partial charge < -0.3 is 10.4 Å². The van der Waals surface area contributed by atoms with Gasteiger partial charge in [0.05, 0.1) is 0 Å². The highest BCUT2D eigenvalue weighted by atomic mass is 16.3. The molecular formula is C15H25NO. The molecule has 0 saturated heterocycles. The summed E-state index contributed by atoms with van der Waals surface area (Å²) in [6.07, 6.45) is 0. The van der Waals surface area contributed by atoms with Crippen LogP contribution < -0.4 is 5.32 Å². The third-order valence-corrected chi connectivity index (χ3v) is 3.40. The highest BCUT2D eigenvalue weighted by molar-refractivity contribution is 5.31. The topological polar surface area (TPSA) is 32.3 Å². The third-order valence-electron chi connectivity index (χ3n) is 3.40. The monoisotopic (exact) mass is 235 g/mol. The first-order valence-corrected chi connectivity index (χ1v) is 6.50. The normalized spacial score (nSPS) is 11.7. The van der Waals surface area contributed by atoms with Crippen molar-refractivity contribution in [2.45, 2.75) is 34.2 Å². The highest BCUT2D eigenvalue weighted by Gasteiger charge is 2.16. The Bertz CT molecular complexity index is 325. The van der Waals surface area contributed by atoms with Gasteiger partial charge in [-0.05, 0) is 30.4 Å². The number of phenols is 1. The summed E-state index contributed by atoms with van der Waals surface area (Å²) in [5, 5.41) is 13.1. The molecule has 96 valence electrons. The maximum Gasteiger partial charge on any atom is 0.120 e. The van der Waals surface area contributed by atoms with Crippen LogP contribution in [-0.4, -0.2) is 11.7 Å². The lowest BCUT2D eigenvalue weighted by Gasteiger charge is -2.25. The van der Waals surface area contributed by atoms with Crippen LogP contribution in [-0.2, 0) is 6.54 Å². The Labute approximate surface area is 105 Å². The average Bonchev–Trinajstić information content (AvgIpc) is 2.25. The highest BCUT2D eigenvalue weighted by Crippen LogP contribution is 2.20. The van der Waals surface area contributed by atoms with Gasteiger partial charge in [0.15, 0.2) is 0 Å². The van der Waals surface area contributed by atoms with E-state index in [-0.39, 0.29) is 0 Å². The number of hydrogen-bond acceptors (Lipinski definition) is 2. The molecule has 2 heteroatoms. The molecule has 0 aromatic heterocycles. The van der Waals surface area contributed by atoms with E-state index in [2.05, 4.69) is 33.0 Å². The molecule has 0 amide bonds. The summed E-state index contributed by atoms with van der Waals surface area (Å²) >= 11 is 0. The van der Waals surface area contributed by atoms with Crippen LogP contribution in [0.15, 0.2) is 24.3 Å². The zero-order valence-electron chi connectivity index (χ0n) is 11.4. The van der Waals surface area contributed by atoms with Gasteiger partial charge >= 0.3 is 0 Å². The lowest BCUT2D eigenvalue weighted by atomic mass is 9.85. The predicted octanol–water partition coefficient (Wildman–Crippen LogP) is 3.41. The Kier molecular flexibility index (Phi) is 5.49. The van der Waals surface area contributed by atoms with Crippen molar-refractivity contribution in [2.75, 3.05) is 6.54 Å². The molecule has 0 spiro atoms. The first-order chi connectivity index (χ1) is 8.02. The van der Waals surface area contributed by atoms with E-state index in [1.54, 1.807) is 6.07 Å². The Morgan fingerprint density at radius 3 is 2.18 bits per heavy atom. The van der Waals surface area contributed by atoms with E-state index in [0.717, 1.165) is 18.7 Å². The molecule has 2 nitrogen and oxygen atoms in total. The fraction of sp³-hybridized carbons (Fsp3) is 0.600. The summed E-state index contributed by atoms with van der Waals surface area (Å²) in [6.45, 7) is 10.8. The molecule has 2 N–H and O–H groups in total. The zero-order valence-corrected chi connectivity index (χ0v) is 11.4. The number of aromatic hydroxyl groups is 1. The standard InChI is InChI=1S/C15H25NO/c1-11(2)14(12(3)4)10-16-9-13-7-5-6-8-15(13)17/h5-8,11-12,14,16-17H,9-10H2,1-4H3. The van der Waals surface area contributed by atoms with E-state index in [4.69, 9.17) is 0 Å². The van der Waals surface area contributed by atoms with E-state index in [1.165, 1.54) is 0 Å². The van der Waals surface area contributed by atoms with Crippen molar-refractivity contribution in [3.8, 4) is 5.75 Å². The molecule has 0 aliphatic rings. The van der Waals surface area contributed by atoms with Crippen molar-refractivity contribution in [3.63, 3.8) is 0 Å². The van der Waals surface area contributed by atoms with E-state index in [0.29, 0.717) is 23.5 Å². The Hall–Kier alpha value is -1.02. The molecular weight excluding hydrogens is 210 g/mol. The second-order valence-electron chi connectivity index (χ2n) is 5.41. The second kappa shape index (κ2) is 6.65. The molecule has 0 unspecified atom stereocenters. The molecule has 0 atom stereocenters. The number of phenolic OH excluding ortho intramolecular Hbond substituents is 1. The van der Waals surface area contributed by atoms with Gasteiger partial charge in [0.2, 0.25) is 0 Å². The number of benzene rings is 1. The van der Waals surface area contributed by atoms with Crippen molar-refractivity contribution in [1.29, 1.82) is 0 Å². The van der Waals surface area contributed by atoms with Crippen LogP contribution in [0.3, 0.4) is 0 Å².